The van der Waals surface area contributed by atoms with Crippen LogP contribution in [0.15, 0.2) is 95.3 Å². The number of rotatable bonds is 4. The SMILES string of the molecule is COc1ccccc1C1C(C#N)=C(N)Oc2cc(O)c(C=Nc3ccc4ccccc4c3)cc21. The Labute approximate surface area is 196 Å². The number of para-hydroxylation sites is 1. The van der Waals surface area contributed by atoms with Crippen molar-refractivity contribution in [2.75, 3.05) is 7.11 Å². The minimum atomic E-state index is -0.515. The zero-order chi connectivity index (χ0) is 23.7. The Hall–Kier alpha value is -4.76. The fourth-order valence-electron chi connectivity index (χ4n) is 4.24. The van der Waals surface area contributed by atoms with Gasteiger partial charge in [-0.2, -0.15) is 5.26 Å². The van der Waals surface area contributed by atoms with E-state index in [1.165, 1.54) is 6.07 Å². The first-order valence-electron chi connectivity index (χ1n) is 10.7. The van der Waals surface area contributed by atoms with Crippen LogP contribution in [0.5, 0.6) is 17.2 Å². The van der Waals surface area contributed by atoms with Crippen LogP contribution in [0, 0.1) is 11.3 Å². The van der Waals surface area contributed by atoms with E-state index in [0.29, 0.717) is 22.6 Å². The molecular weight excluding hydrogens is 426 g/mol. The summed E-state index contributed by atoms with van der Waals surface area (Å²) in [4.78, 5) is 4.57. The van der Waals surface area contributed by atoms with E-state index in [-0.39, 0.29) is 17.2 Å². The highest BCUT2D eigenvalue weighted by Crippen LogP contribution is 2.46. The summed E-state index contributed by atoms with van der Waals surface area (Å²) in [6.07, 6.45) is 1.60. The predicted molar refractivity (Wildman–Crippen MR) is 132 cm³/mol. The average Bonchev–Trinajstić information content (AvgIpc) is 2.86. The van der Waals surface area contributed by atoms with E-state index in [0.717, 1.165) is 22.0 Å². The van der Waals surface area contributed by atoms with Crippen LogP contribution < -0.4 is 15.2 Å². The van der Waals surface area contributed by atoms with E-state index in [1.807, 2.05) is 66.7 Å². The van der Waals surface area contributed by atoms with Crippen molar-refractivity contribution in [2.24, 2.45) is 10.7 Å². The number of phenols is 1. The van der Waals surface area contributed by atoms with E-state index < -0.39 is 5.92 Å². The number of nitriles is 1. The maximum atomic E-state index is 10.7. The highest BCUT2D eigenvalue weighted by Gasteiger charge is 2.33. The van der Waals surface area contributed by atoms with Crippen LogP contribution in [0.3, 0.4) is 0 Å². The van der Waals surface area contributed by atoms with Gasteiger partial charge in [0.2, 0.25) is 5.88 Å². The van der Waals surface area contributed by atoms with Gasteiger partial charge in [0.15, 0.2) is 0 Å². The lowest BCUT2D eigenvalue weighted by Gasteiger charge is -2.28. The Morgan fingerprint density at radius 2 is 1.76 bits per heavy atom. The van der Waals surface area contributed by atoms with Gasteiger partial charge in [0.05, 0.1) is 18.7 Å². The smallest absolute Gasteiger partial charge is 0.205 e. The Morgan fingerprint density at radius 3 is 2.56 bits per heavy atom. The first kappa shape index (κ1) is 21.1. The number of nitrogens with zero attached hydrogens (tertiary/aromatic N) is 2. The third kappa shape index (κ3) is 3.70. The largest absolute Gasteiger partial charge is 0.507 e. The van der Waals surface area contributed by atoms with Crippen molar-refractivity contribution >= 4 is 22.7 Å². The second kappa shape index (κ2) is 8.64. The van der Waals surface area contributed by atoms with Gasteiger partial charge in [-0.3, -0.25) is 4.99 Å². The molecular formula is C28H21N3O3. The fourth-order valence-corrected chi connectivity index (χ4v) is 4.24. The highest BCUT2D eigenvalue weighted by molar-refractivity contribution is 5.89. The van der Waals surface area contributed by atoms with E-state index in [1.54, 1.807) is 19.4 Å². The number of nitrogens with two attached hydrogens (primary N) is 1. The van der Waals surface area contributed by atoms with Crippen molar-refractivity contribution in [3.63, 3.8) is 0 Å². The van der Waals surface area contributed by atoms with Gasteiger partial charge in [0.1, 0.15) is 28.9 Å². The number of ether oxygens (including phenoxy) is 2. The molecule has 0 saturated carbocycles. The molecule has 0 radical (unpaired) electrons. The van der Waals surface area contributed by atoms with Gasteiger partial charge in [-0.1, -0.05) is 48.5 Å². The minimum absolute atomic E-state index is 0.00267. The first-order chi connectivity index (χ1) is 16.6. The Kier molecular flexibility index (Phi) is 5.36. The first-order valence-corrected chi connectivity index (χ1v) is 10.7. The molecule has 1 aliphatic heterocycles. The third-order valence-corrected chi connectivity index (χ3v) is 5.90. The van der Waals surface area contributed by atoms with Crippen LogP contribution in [0.25, 0.3) is 10.8 Å². The lowest BCUT2D eigenvalue weighted by molar-refractivity contribution is 0.382. The molecule has 0 aliphatic carbocycles. The molecule has 6 nitrogen and oxygen atoms in total. The molecule has 0 spiro atoms. The van der Waals surface area contributed by atoms with Crippen LogP contribution in [0.4, 0.5) is 5.69 Å². The molecule has 0 amide bonds. The number of fused-ring (bicyclic) bond motifs is 2. The summed E-state index contributed by atoms with van der Waals surface area (Å²) in [5.41, 5.74) is 9.07. The van der Waals surface area contributed by atoms with Gasteiger partial charge >= 0.3 is 0 Å². The van der Waals surface area contributed by atoms with Crippen molar-refractivity contribution in [3.05, 3.63) is 107 Å². The van der Waals surface area contributed by atoms with Gasteiger partial charge in [0.25, 0.3) is 0 Å². The summed E-state index contributed by atoms with van der Waals surface area (Å²) >= 11 is 0. The number of methoxy groups -OCH3 is 1. The topological polar surface area (TPSA) is 101 Å². The maximum absolute atomic E-state index is 10.7. The van der Waals surface area contributed by atoms with E-state index in [4.69, 9.17) is 15.2 Å². The molecule has 4 aromatic carbocycles. The number of aromatic hydroxyl groups is 1. The normalized spacial score (nSPS) is 15.1. The molecule has 0 aromatic heterocycles. The Bertz CT molecular complexity index is 1520. The molecule has 4 aromatic rings. The Morgan fingerprint density at radius 1 is 1.00 bits per heavy atom. The molecule has 1 unspecified atom stereocenters. The maximum Gasteiger partial charge on any atom is 0.205 e. The molecule has 1 aliphatic rings. The van der Waals surface area contributed by atoms with Crippen molar-refractivity contribution in [2.45, 2.75) is 5.92 Å². The second-order valence-corrected chi connectivity index (χ2v) is 7.91. The van der Waals surface area contributed by atoms with E-state index in [2.05, 4.69) is 11.1 Å². The molecule has 0 fully saturated rings. The Balaban J connectivity index is 1.60. The molecule has 0 saturated heterocycles. The van der Waals surface area contributed by atoms with Crippen LogP contribution in [0.2, 0.25) is 0 Å². The summed E-state index contributed by atoms with van der Waals surface area (Å²) in [7, 11) is 1.58. The van der Waals surface area contributed by atoms with Gasteiger partial charge in [0, 0.05) is 29.0 Å². The summed E-state index contributed by atoms with van der Waals surface area (Å²) in [6, 6.07) is 26.9. The second-order valence-electron chi connectivity index (χ2n) is 7.91. The van der Waals surface area contributed by atoms with Gasteiger partial charge in [-0.05, 0) is 35.0 Å². The molecule has 166 valence electrons. The summed E-state index contributed by atoms with van der Waals surface area (Å²) in [6.45, 7) is 0. The van der Waals surface area contributed by atoms with Crippen LogP contribution >= 0.6 is 0 Å². The average molecular weight is 447 g/mol. The zero-order valence-electron chi connectivity index (χ0n) is 18.4. The van der Waals surface area contributed by atoms with E-state index in [9.17, 15) is 10.4 Å². The van der Waals surface area contributed by atoms with E-state index >= 15 is 0 Å². The fraction of sp³-hybridized carbons (Fsp3) is 0.0714. The number of hydrogen-bond donors (Lipinski definition) is 2. The lowest BCUT2D eigenvalue weighted by Crippen LogP contribution is -2.21. The van der Waals surface area contributed by atoms with Crippen molar-refractivity contribution in [3.8, 4) is 23.3 Å². The zero-order valence-corrected chi connectivity index (χ0v) is 18.4. The molecule has 6 heteroatoms. The minimum Gasteiger partial charge on any atom is -0.507 e. The number of phenolic OH excluding ortho intramolecular Hbond substituents is 1. The number of aliphatic imine (C=N–C) groups is 1. The molecule has 34 heavy (non-hydrogen) atoms. The molecule has 1 atom stereocenters. The van der Waals surface area contributed by atoms with Gasteiger partial charge in [-0.15, -0.1) is 0 Å². The third-order valence-electron chi connectivity index (χ3n) is 5.90. The van der Waals surface area contributed by atoms with Crippen LogP contribution in [-0.4, -0.2) is 18.4 Å². The quantitative estimate of drug-likeness (QED) is 0.401. The van der Waals surface area contributed by atoms with Crippen molar-refractivity contribution < 1.29 is 14.6 Å². The van der Waals surface area contributed by atoms with Gasteiger partial charge in [-0.25, -0.2) is 0 Å². The number of hydrogen-bond acceptors (Lipinski definition) is 6. The predicted octanol–water partition coefficient (Wildman–Crippen LogP) is 5.52. The van der Waals surface area contributed by atoms with Crippen molar-refractivity contribution in [1.29, 1.82) is 5.26 Å². The van der Waals surface area contributed by atoms with Crippen molar-refractivity contribution in [1.82, 2.24) is 0 Å². The van der Waals surface area contributed by atoms with Gasteiger partial charge < -0.3 is 20.3 Å². The van der Waals surface area contributed by atoms with Crippen LogP contribution in [0.1, 0.15) is 22.6 Å². The molecule has 1 heterocycles. The molecule has 0 bridgehead atoms. The highest BCUT2D eigenvalue weighted by atomic mass is 16.5. The number of allylic oxidation sites excluding steroid dienone is 1. The summed E-state index contributed by atoms with van der Waals surface area (Å²) in [5.74, 6) is 0.490. The standard InChI is InChI=1S/C28H21N3O3/c1-33-25-9-5-4-8-21(25)27-22-13-19(24(32)14-26(22)34-28(30)23(27)15-29)16-31-20-11-10-17-6-2-3-7-18(17)12-20/h2-14,16,27,32H,30H2,1H3. The number of benzene rings is 4. The lowest BCUT2D eigenvalue weighted by atomic mass is 9.82. The summed E-state index contributed by atoms with van der Waals surface area (Å²) in [5, 5.41) is 22.7. The molecule has 3 N–H and O–H groups in total. The molecule has 5 rings (SSSR count). The monoisotopic (exact) mass is 447 g/mol. The van der Waals surface area contributed by atoms with Crippen LogP contribution in [-0.2, 0) is 0 Å². The summed E-state index contributed by atoms with van der Waals surface area (Å²) < 4.78 is 11.2.